The van der Waals surface area contributed by atoms with Crippen LogP contribution in [0.2, 0.25) is 0 Å². The van der Waals surface area contributed by atoms with E-state index in [0.717, 1.165) is 12.7 Å². The molecule has 1 aliphatic carbocycles. The normalized spacial score (nSPS) is 19.6. The molecule has 2 N–H and O–H groups in total. The summed E-state index contributed by atoms with van der Waals surface area (Å²) in [5.74, 6) is 0. The molecule has 13 heavy (non-hydrogen) atoms. The van der Waals surface area contributed by atoms with Crippen LogP contribution in [-0.2, 0) is 0 Å². The van der Waals surface area contributed by atoms with Crippen LogP contribution >= 0.6 is 0 Å². The van der Waals surface area contributed by atoms with Gasteiger partial charge in [-0.1, -0.05) is 32.6 Å². The van der Waals surface area contributed by atoms with Crippen molar-refractivity contribution in [1.29, 1.82) is 0 Å². The Kier molecular flexibility index (Phi) is 5.40. The Labute approximate surface area is 82.5 Å². The van der Waals surface area contributed by atoms with Crippen LogP contribution in [0.4, 0.5) is 0 Å². The largest absolute Gasteiger partial charge is 0.318 e. The molecule has 0 aromatic heterocycles. The van der Waals surface area contributed by atoms with Gasteiger partial charge in [-0.2, -0.15) is 0 Å². The van der Waals surface area contributed by atoms with Crippen LogP contribution in [0.5, 0.6) is 0 Å². The van der Waals surface area contributed by atoms with Gasteiger partial charge in [-0.3, -0.25) is 4.90 Å². The molecule has 2 heteroatoms. The quantitative estimate of drug-likeness (QED) is 0.664. The van der Waals surface area contributed by atoms with E-state index in [4.69, 9.17) is 5.73 Å². The minimum Gasteiger partial charge on any atom is -0.318 e. The second-order valence-corrected chi connectivity index (χ2v) is 4.14. The van der Waals surface area contributed by atoms with Crippen molar-refractivity contribution in [1.82, 2.24) is 4.90 Å². The summed E-state index contributed by atoms with van der Waals surface area (Å²) >= 11 is 0. The highest BCUT2D eigenvalue weighted by atomic mass is 15.2. The van der Waals surface area contributed by atoms with Crippen LogP contribution in [0.1, 0.15) is 51.9 Å². The summed E-state index contributed by atoms with van der Waals surface area (Å²) in [6.45, 7) is 4.21. The van der Waals surface area contributed by atoms with E-state index in [2.05, 4.69) is 11.8 Å². The van der Waals surface area contributed by atoms with Crippen molar-refractivity contribution in [2.24, 2.45) is 5.73 Å². The highest BCUT2D eigenvalue weighted by Crippen LogP contribution is 2.22. The average molecular weight is 184 g/mol. The third-order valence-electron chi connectivity index (χ3n) is 3.12. The van der Waals surface area contributed by atoms with Gasteiger partial charge < -0.3 is 5.73 Å². The first-order valence-electron chi connectivity index (χ1n) is 5.82. The fourth-order valence-electron chi connectivity index (χ4n) is 2.23. The summed E-state index contributed by atoms with van der Waals surface area (Å²) in [5, 5.41) is 0. The highest BCUT2D eigenvalue weighted by Gasteiger charge is 2.18. The summed E-state index contributed by atoms with van der Waals surface area (Å²) in [6.07, 6.45) is 9.59. The maximum absolute atomic E-state index is 5.77. The Morgan fingerprint density at radius 1 is 1.23 bits per heavy atom. The van der Waals surface area contributed by atoms with Crippen molar-refractivity contribution < 1.29 is 0 Å². The first-order chi connectivity index (χ1) is 6.38. The molecule has 0 atom stereocenters. The Morgan fingerprint density at radius 3 is 2.46 bits per heavy atom. The molecular weight excluding hydrogens is 160 g/mol. The summed E-state index contributed by atoms with van der Waals surface area (Å²) in [7, 11) is 0. The van der Waals surface area contributed by atoms with Crippen molar-refractivity contribution in [3.8, 4) is 0 Å². The summed E-state index contributed by atoms with van der Waals surface area (Å²) < 4.78 is 0. The van der Waals surface area contributed by atoms with Crippen molar-refractivity contribution in [3.05, 3.63) is 0 Å². The Bertz CT molecular complexity index is 119. The monoisotopic (exact) mass is 184 g/mol. The van der Waals surface area contributed by atoms with Gasteiger partial charge in [-0.05, 0) is 25.8 Å². The lowest BCUT2D eigenvalue weighted by Gasteiger charge is -2.33. The van der Waals surface area contributed by atoms with E-state index in [1.165, 1.54) is 51.5 Å². The fourth-order valence-corrected chi connectivity index (χ4v) is 2.23. The molecule has 0 aromatic carbocycles. The van der Waals surface area contributed by atoms with Gasteiger partial charge in [0.1, 0.15) is 0 Å². The van der Waals surface area contributed by atoms with Gasteiger partial charge in [0, 0.05) is 12.7 Å². The Balaban J connectivity index is 2.26. The molecule has 1 aliphatic rings. The van der Waals surface area contributed by atoms with Gasteiger partial charge in [0.05, 0.1) is 0 Å². The maximum atomic E-state index is 5.77. The van der Waals surface area contributed by atoms with Crippen LogP contribution in [0.15, 0.2) is 0 Å². The zero-order valence-corrected chi connectivity index (χ0v) is 8.97. The van der Waals surface area contributed by atoms with Crippen molar-refractivity contribution >= 4 is 0 Å². The molecule has 0 radical (unpaired) electrons. The number of unbranched alkanes of at least 4 members (excludes halogenated alkanes) is 1. The lowest BCUT2D eigenvalue weighted by atomic mass is 9.94. The molecule has 0 unspecified atom stereocenters. The maximum Gasteiger partial charge on any atom is 0.0457 e. The molecule has 1 fully saturated rings. The molecule has 0 heterocycles. The van der Waals surface area contributed by atoms with Gasteiger partial charge in [-0.25, -0.2) is 0 Å². The van der Waals surface area contributed by atoms with Gasteiger partial charge in [0.2, 0.25) is 0 Å². The average Bonchev–Trinajstić information content (AvgIpc) is 2.21. The van der Waals surface area contributed by atoms with E-state index < -0.39 is 0 Å². The van der Waals surface area contributed by atoms with Gasteiger partial charge in [-0.15, -0.1) is 0 Å². The number of nitrogens with zero attached hydrogens (tertiary/aromatic N) is 1. The molecule has 1 rings (SSSR count). The highest BCUT2D eigenvalue weighted by molar-refractivity contribution is 4.74. The minimum atomic E-state index is 0.755. The van der Waals surface area contributed by atoms with Crippen molar-refractivity contribution in [3.63, 3.8) is 0 Å². The first-order valence-corrected chi connectivity index (χ1v) is 5.82. The van der Waals surface area contributed by atoms with Crippen LogP contribution in [0.25, 0.3) is 0 Å². The van der Waals surface area contributed by atoms with Crippen LogP contribution < -0.4 is 5.73 Å². The van der Waals surface area contributed by atoms with Crippen molar-refractivity contribution in [2.75, 3.05) is 13.2 Å². The number of rotatable bonds is 5. The standard InChI is InChI=1S/C11H24N2/c1-2-3-9-13(10-12)11-7-5-4-6-8-11/h11H,2-10,12H2,1H3. The molecule has 0 bridgehead atoms. The van der Waals surface area contributed by atoms with Crippen LogP contribution in [-0.4, -0.2) is 24.2 Å². The zero-order chi connectivity index (χ0) is 9.52. The predicted molar refractivity (Wildman–Crippen MR) is 57.5 cm³/mol. The van der Waals surface area contributed by atoms with Crippen LogP contribution in [0, 0.1) is 0 Å². The molecule has 78 valence electrons. The SMILES string of the molecule is CCCCN(CN)C1CCCCC1. The van der Waals surface area contributed by atoms with E-state index in [1.54, 1.807) is 0 Å². The zero-order valence-electron chi connectivity index (χ0n) is 8.97. The first kappa shape index (κ1) is 11.0. The second kappa shape index (κ2) is 6.39. The molecule has 0 amide bonds. The predicted octanol–water partition coefficient (Wildman–Crippen LogP) is 2.34. The van der Waals surface area contributed by atoms with E-state index in [9.17, 15) is 0 Å². The summed E-state index contributed by atoms with van der Waals surface area (Å²) in [6, 6.07) is 0.797. The third kappa shape index (κ3) is 3.65. The van der Waals surface area contributed by atoms with E-state index in [-0.39, 0.29) is 0 Å². The number of hydrogen-bond donors (Lipinski definition) is 1. The molecule has 2 nitrogen and oxygen atoms in total. The molecular formula is C11H24N2. The second-order valence-electron chi connectivity index (χ2n) is 4.14. The lowest BCUT2D eigenvalue weighted by Crippen LogP contribution is -2.41. The van der Waals surface area contributed by atoms with E-state index in [1.807, 2.05) is 0 Å². The lowest BCUT2D eigenvalue weighted by molar-refractivity contribution is 0.158. The van der Waals surface area contributed by atoms with E-state index >= 15 is 0 Å². The summed E-state index contributed by atoms with van der Waals surface area (Å²) in [4.78, 5) is 2.47. The fraction of sp³-hybridized carbons (Fsp3) is 1.00. The molecule has 0 aliphatic heterocycles. The molecule has 0 spiro atoms. The van der Waals surface area contributed by atoms with Gasteiger partial charge >= 0.3 is 0 Å². The van der Waals surface area contributed by atoms with Crippen molar-refractivity contribution in [2.45, 2.75) is 57.9 Å². The van der Waals surface area contributed by atoms with E-state index in [0.29, 0.717) is 0 Å². The van der Waals surface area contributed by atoms with Gasteiger partial charge in [0.15, 0.2) is 0 Å². The van der Waals surface area contributed by atoms with Crippen LogP contribution in [0.3, 0.4) is 0 Å². The summed E-state index contributed by atoms with van der Waals surface area (Å²) in [5.41, 5.74) is 5.77. The Morgan fingerprint density at radius 2 is 1.92 bits per heavy atom. The van der Waals surface area contributed by atoms with Gasteiger partial charge in [0.25, 0.3) is 0 Å². The molecule has 0 aromatic rings. The molecule has 1 saturated carbocycles. The minimum absolute atomic E-state index is 0.755. The Hall–Kier alpha value is -0.0800. The third-order valence-corrected chi connectivity index (χ3v) is 3.12. The molecule has 0 saturated heterocycles. The number of hydrogen-bond acceptors (Lipinski definition) is 2. The number of nitrogens with two attached hydrogens (primary N) is 1. The smallest absolute Gasteiger partial charge is 0.0457 e. The topological polar surface area (TPSA) is 29.3 Å².